The SMILES string of the molecule is C[C@H](C(=O)Nc1nc(C2CC2)cs1)n1cccn1. The first kappa shape index (κ1) is 11.4. The second-order valence-electron chi connectivity index (χ2n) is 4.50. The maximum absolute atomic E-state index is 12.0. The highest BCUT2D eigenvalue weighted by atomic mass is 32.1. The molecule has 1 aliphatic rings. The first-order chi connectivity index (χ1) is 8.74. The number of hydrogen-bond donors (Lipinski definition) is 1. The smallest absolute Gasteiger partial charge is 0.250 e. The Kier molecular flexibility index (Phi) is 2.87. The molecule has 0 bridgehead atoms. The minimum Gasteiger partial charge on any atom is -0.300 e. The van der Waals surface area contributed by atoms with E-state index in [2.05, 4.69) is 15.4 Å². The van der Waals surface area contributed by atoms with Gasteiger partial charge in [0, 0.05) is 23.7 Å². The van der Waals surface area contributed by atoms with Crippen molar-refractivity contribution in [3.63, 3.8) is 0 Å². The van der Waals surface area contributed by atoms with Gasteiger partial charge in [-0.25, -0.2) is 4.98 Å². The molecule has 94 valence electrons. The van der Waals surface area contributed by atoms with Crippen molar-refractivity contribution in [2.45, 2.75) is 31.7 Å². The van der Waals surface area contributed by atoms with Gasteiger partial charge in [-0.05, 0) is 25.8 Å². The van der Waals surface area contributed by atoms with Gasteiger partial charge in [0.15, 0.2) is 5.13 Å². The molecular formula is C12H14N4OS. The molecule has 0 saturated heterocycles. The zero-order chi connectivity index (χ0) is 12.5. The Hall–Kier alpha value is -1.69. The van der Waals surface area contributed by atoms with Crippen LogP contribution in [0.5, 0.6) is 0 Å². The van der Waals surface area contributed by atoms with Gasteiger partial charge in [-0.2, -0.15) is 5.10 Å². The minimum atomic E-state index is -0.326. The molecule has 3 rings (SSSR count). The number of nitrogens with one attached hydrogen (secondary N) is 1. The molecule has 5 nitrogen and oxygen atoms in total. The molecule has 2 heterocycles. The van der Waals surface area contributed by atoms with Crippen molar-refractivity contribution in [2.24, 2.45) is 0 Å². The molecule has 2 aromatic rings. The first-order valence-corrected chi connectivity index (χ1v) is 6.87. The summed E-state index contributed by atoms with van der Waals surface area (Å²) in [5.41, 5.74) is 1.11. The topological polar surface area (TPSA) is 59.8 Å². The molecule has 1 aliphatic carbocycles. The van der Waals surface area contributed by atoms with E-state index in [4.69, 9.17) is 0 Å². The maximum atomic E-state index is 12.0. The molecule has 1 N–H and O–H groups in total. The third-order valence-corrected chi connectivity index (χ3v) is 3.82. The van der Waals surface area contributed by atoms with Crippen molar-refractivity contribution in [1.82, 2.24) is 14.8 Å². The van der Waals surface area contributed by atoms with E-state index in [-0.39, 0.29) is 11.9 Å². The number of hydrogen-bond acceptors (Lipinski definition) is 4. The van der Waals surface area contributed by atoms with Gasteiger partial charge in [0.2, 0.25) is 0 Å². The highest BCUT2D eigenvalue weighted by molar-refractivity contribution is 7.13. The molecule has 1 atom stereocenters. The Morgan fingerprint density at radius 1 is 1.61 bits per heavy atom. The monoisotopic (exact) mass is 262 g/mol. The lowest BCUT2D eigenvalue weighted by Crippen LogP contribution is -2.23. The van der Waals surface area contributed by atoms with Crippen LogP contribution in [0.4, 0.5) is 5.13 Å². The van der Waals surface area contributed by atoms with Crippen LogP contribution in [0.15, 0.2) is 23.8 Å². The van der Waals surface area contributed by atoms with Crippen LogP contribution in [-0.2, 0) is 4.79 Å². The summed E-state index contributed by atoms with van der Waals surface area (Å²) in [6, 6.07) is 1.48. The summed E-state index contributed by atoms with van der Waals surface area (Å²) in [7, 11) is 0. The third kappa shape index (κ3) is 2.28. The normalized spacial score (nSPS) is 16.5. The van der Waals surface area contributed by atoms with Gasteiger partial charge < -0.3 is 5.32 Å². The van der Waals surface area contributed by atoms with Crippen LogP contribution in [0.2, 0.25) is 0 Å². The summed E-state index contributed by atoms with van der Waals surface area (Å²) in [4.78, 5) is 16.4. The predicted octanol–water partition coefficient (Wildman–Crippen LogP) is 2.42. The Balaban J connectivity index is 1.66. The van der Waals surface area contributed by atoms with E-state index in [9.17, 15) is 4.79 Å². The third-order valence-electron chi connectivity index (χ3n) is 3.05. The van der Waals surface area contributed by atoms with Gasteiger partial charge in [0.25, 0.3) is 5.91 Å². The molecule has 0 spiro atoms. The Labute approximate surface area is 109 Å². The van der Waals surface area contributed by atoms with Gasteiger partial charge >= 0.3 is 0 Å². The molecule has 6 heteroatoms. The van der Waals surface area contributed by atoms with Crippen molar-refractivity contribution in [2.75, 3.05) is 5.32 Å². The lowest BCUT2D eigenvalue weighted by Gasteiger charge is -2.10. The van der Waals surface area contributed by atoms with Crippen LogP contribution >= 0.6 is 11.3 Å². The molecule has 0 aliphatic heterocycles. The fourth-order valence-electron chi connectivity index (χ4n) is 1.75. The average molecular weight is 262 g/mol. The van der Waals surface area contributed by atoms with Crippen molar-refractivity contribution >= 4 is 22.4 Å². The zero-order valence-corrected chi connectivity index (χ0v) is 10.9. The standard InChI is InChI=1S/C12H14N4OS/c1-8(16-6-2-5-13-16)11(17)15-12-14-10(7-18-12)9-3-4-9/h2,5-9H,3-4H2,1H3,(H,14,15,17)/t8-/m1/s1. The molecule has 2 aromatic heterocycles. The van der Waals surface area contributed by atoms with Crippen LogP contribution < -0.4 is 5.32 Å². The summed E-state index contributed by atoms with van der Waals surface area (Å²) in [6.45, 7) is 1.82. The fraction of sp³-hybridized carbons (Fsp3) is 0.417. The van der Waals surface area contributed by atoms with E-state index in [1.807, 2.05) is 12.3 Å². The molecule has 1 saturated carbocycles. The van der Waals surface area contributed by atoms with Crippen LogP contribution in [0.1, 0.15) is 37.4 Å². The number of anilines is 1. The van der Waals surface area contributed by atoms with E-state index in [1.165, 1.54) is 24.2 Å². The van der Waals surface area contributed by atoms with E-state index in [0.717, 1.165) is 5.69 Å². The molecule has 1 fully saturated rings. The summed E-state index contributed by atoms with van der Waals surface area (Å²) in [5, 5.41) is 9.62. The van der Waals surface area contributed by atoms with Gasteiger partial charge in [0.1, 0.15) is 6.04 Å². The number of thiazole rings is 1. The predicted molar refractivity (Wildman–Crippen MR) is 69.7 cm³/mol. The van der Waals surface area contributed by atoms with Gasteiger partial charge in [-0.3, -0.25) is 9.48 Å². The molecule has 0 radical (unpaired) electrons. The van der Waals surface area contributed by atoms with E-state index >= 15 is 0 Å². The van der Waals surface area contributed by atoms with Gasteiger partial charge in [-0.1, -0.05) is 0 Å². The average Bonchev–Trinajstić information content (AvgIpc) is 2.91. The Morgan fingerprint density at radius 3 is 3.11 bits per heavy atom. The number of carbonyl (C=O) groups is 1. The fourth-order valence-corrected chi connectivity index (χ4v) is 2.55. The summed E-state index contributed by atoms with van der Waals surface area (Å²) in [5.74, 6) is 0.533. The van der Waals surface area contributed by atoms with Gasteiger partial charge in [0.05, 0.1) is 5.69 Å². The number of rotatable bonds is 4. The largest absolute Gasteiger partial charge is 0.300 e. The van der Waals surface area contributed by atoms with E-state index in [0.29, 0.717) is 11.0 Å². The molecular weight excluding hydrogens is 248 g/mol. The maximum Gasteiger partial charge on any atom is 0.250 e. The van der Waals surface area contributed by atoms with Crippen LogP contribution in [0.25, 0.3) is 0 Å². The van der Waals surface area contributed by atoms with Crippen molar-refractivity contribution in [3.05, 3.63) is 29.5 Å². The van der Waals surface area contributed by atoms with Crippen LogP contribution in [-0.4, -0.2) is 20.7 Å². The lowest BCUT2D eigenvalue weighted by molar-refractivity contribution is -0.119. The number of aromatic nitrogens is 3. The van der Waals surface area contributed by atoms with E-state index in [1.54, 1.807) is 23.1 Å². The van der Waals surface area contributed by atoms with Gasteiger partial charge in [-0.15, -0.1) is 11.3 Å². The van der Waals surface area contributed by atoms with Crippen LogP contribution in [0, 0.1) is 0 Å². The second kappa shape index (κ2) is 4.53. The quantitative estimate of drug-likeness (QED) is 0.920. The molecule has 1 amide bonds. The molecule has 18 heavy (non-hydrogen) atoms. The number of nitrogens with zero attached hydrogens (tertiary/aromatic N) is 3. The highest BCUT2D eigenvalue weighted by Crippen LogP contribution is 2.40. The van der Waals surface area contributed by atoms with Crippen LogP contribution in [0.3, 0.4) is 0 Å². The zero-order valence-electron chi connectivity index (χ0n) is 10.0. The Morgan fingerprint density at radius 2 is 2.44 bits per heavy atom. The molecule has 0 unspecified atom stereocenters. The number of amides is 1. The summed E-state index contributed by atoms with van der Waals surface area (Å²) >= 11 is 1.49. The lowest BCUT2D eigenvalue weighted by atomic mass is 10.3. The minimum absolute atomic E-state index is 0.0876. The van der Waals surface area contributed by atoms with Crippen molar-refractivity contribution < 1.29 is 4.79 Å². The van der Waals surface area contributed by atoms with Crippen molar-refractivity contribution in [3.8, 4) is 0 Å². The Bertz CT molecular complexity index is 544. The summed E-state index contributed by atoms with van der Waals surface area (Å²) < 4.78 is 1.63. The second-order valence-corrected chi connectivity index (χ2v) is 5.36. The highest BCUT2D eigenvalue weighted by Gasteiger charge is 2.26. The van der Waals surface area contributed by atoms with Crippen molar-refractivity contribution in [1.29, 1.82) is 0 Å². The van der Waals surface area contributed by atoms with E-state index < -0.39 is 0 Å². The number of carbonyl (C=O) groups excluding carboxylic acids is 1. The first-order valence-electron chi connectivity index (χ1n) is 5.99. The molecule has 0 aromatic carbocycles. The summed E-state index contributed by atoms with van der Waals surface area (Å²) in [6.07, 6.45) is 5.89.